The van der Waals surface area contributed by atoms with Crippen molar-refractivity contribution in [3.8, 4) is 11.5 Å². The highest BCUT2D eigenvalue weighted by molar-refractivity contribution is 6.31. The Hall–Kier alpha value is -2.00. The third-order valence-corrected chi connectivity index (χ3v) is 3.07. The summed E-state index contributed by atoms with van der Waals surface area (Å²) in [7, 11) is 1.51. The van der Waals surface area contributed by atoms with Gasteiger partial charge in [0.15, 0.2) is 5.78 Å². The topological polar surface area (TPSA) is 35.5 Å². The molecular formula is C16H15ClO3. The molecule has 0 unspecified atom stereocenters. The lowest BCUT2D eigenvalue weighted by Crippen LogP contribution is -2.07. The molecule has 2 aromatic carbocycles. The third-order valence-electron chi connectivity index (χ3n) is 2.84. The van der Waals surface area contributed by atoms with Gasteiger partial charge in [-0.3, -0.25) is 4.79 Å². The Kier molecular flexibility index (Phi) is 4.64. The van der Waals surface area contributed by atoms with Crippen molar-refractivity contribution in [2.75, 3.05) is 13.7 Å². The number of ether oxygens (including phenoxy) is 2. The first-order valence-electron chi connectivity index (χ1n) is 6.27. The molecule has 2 rings (SSSR count). The first-order chi connectivity index (χ1) is 9.67. The molecule has 0 atom stereocenters. The van der Waals surface area contributed by atoms with Crippen LogP contribution in [0.1, 0.15) is 22.8 Å². The minimum Gasteiger partial charge on any atom is -0.496 e. The molecule has 2 aromatic rings. The fourth-order valence-electron chi connectivity index (χ4n) is 1.93. The lowest BCUT2D eigenvalue weighted by atomic mass is 10.0. The van der Waals surface area contributed by atoms with E-state index in [0.717, 1.165) is 0 Å². The van der Waals surface area contributed by atoms with Crippen LogP contribution in [0.25, 0.3) is 0 Å². The van der Waals surface area contributed by atoms with E-state index in [1.807, 2.05) is 13.0 Å². The molecule has 0 aliphatic carbocycles. The molecule has 0 heterocycles. The summed E-state index contributed by atoms with van der Waals surface area (Å²) >= 11 is 5.91. The van der Waals surface area contributed by atoms with Crippen LogP contribution in [0, 0.1) is 0 Å². The van der Waals surface area contributed by atoms with Crippen LogP contribution in [0.3, 0.4) is 0 Å². The fourth-order valence-corrected chi connectivity index (χ4v) is 2.10. The van der Waals surface area contributed by atoms with Crippen LogP contribution in [-0.2, 0) is 0 Å². The predicted molar refractivity (Wildman–Crippen MR) is 79.0 cm³/mol. The monoisotopic (exact) mass is 290 g/mol. The van der Waals surface area contributed by atoms with Crippen molar-refractivity contribution in [1.82, 2.24) is 0 Å². The normalized spacial score (nSPS) is 10.2. The largest absolute Gasteiger partial charge is 0.496 e. The second kappa shape index (κ2) is 6.44. The highest BCUT2D eigenvalue weighted by Gasteiger charge is 2.18. The van der Waals surface area contributed by atoms with Crippen molar-refractivity contribution in [3.05, 3.63) is 58.6 Å². The molecule has 0 aromatic heterocycles. The average molecular weight is 291 g/mol. The van der Waals surface area contributed by atoms with E-state index in [0.29, 0.717) is 34.3 Å². The maximum atomic E-state index is 12.6. The molecule has 0 saturated carbocycles. The van der Waals surface area contributed by atoms with Crippen molar-refractivity contribution in [2.45, 2.75) is 6.92 Å². The molecule has 0 spiro atoms. The van der Waals surface area contributed by atoms with Gasteiger partial charge >= 0.3 is 0 Å². The van der Waals surface area contributed by atoms with Gasteiger partial charge in [-0.15, -0.1) is 0 Å². The van der Waals surface area contributed by atoms with Crippen molar-refractivity contribution < 1.29 is 14.3 Å². The zero-order valence-corrected chi connectivity index (χ0v) is 12.1. The van der Waals surface area contributed by atoms with Gasteiger partial charge in [0.05, 0.1) is 24.8 Å². The second-order valence-corrected chi connectivity index (χ2v) is 4.54. The SMILES string of the molecule is CCOc1ccccc1C(=O)c1ccc(Cl)cc1OC. The molecule has 0 amide bonds. The second-order valence-electron chi connectivity index (χ2n) is 4.10. The molecule has 3 nitrogen and oxygen atoms in total. The van der Waals surface area contributed by atoms with E-state index in [1.165, 1.54) is 7.11 Å². The lowest BCUT2D eigenvalue weighted by Gasteiger charge is -2.11. The predicted octanol–water partition coefficient (Wildman–Crippen LogP) is 3.98. The highest BCUT2D eigenvalue weighted by Crippen LogP contribution is 2.28. The molecule has 0 N–H and O–H groups in total. The highest BCUT2D eigenvalue weighted by atomic mass is 35.5. The first-order valence-corrected chi connectivity index (χ1v) is 6.65. The molecule has 0 bridgehead atoms. The van der Waals surface area contributed by atoms with Crippen LogP contribution in [-0.4, -0.2) is 19.5 Å². The van der Waals surface area contributed by atoms with Crippen molar-refractivity contribution >= 4 is 17.4 Å². The summed E-state index contributed by atoms with van der Waals surface area (Å²) in [6.07, 6.45) is 0. The molecule has 20 heavy (non-hydrogen) atoms. The van der Waals surface area contributed by atoms with E-state index in [1.54, 1.807) is 36.4 Å². The molecule has 0 fully saturated rings. The standard InChI is InChI=1S/C16H15ClO3/c1-3-20-14-7-5-4-6-12(14)16(18)13-9-8-11(17)10-15(13)19-2/h4-10H,3H2,1-2H3. The van der Waals surface area contributed by atoms with Crippen LogP contribution in [0.15, 0.2) is 42.5 Å². The van der Waals surface area contributed by atoms with Gasteiger partial charge in [-0.25, -0.2) is 0 Å². The summed E-state index contributed by atoms with van der Waals surface area (Å²) in [5.41, 5.74) is 0.971. The van der Waals surface area contributed by atoms with Gasteiger partial charge in [0, 0.05) is 5.02 Å². The number of halogens is 1. The minimum absolute atomic E-state index is 0.150. The van der Waals surface area contributed by atoms with E-state index in [-0.39, 0.29) is 5.78 Å². The number of hydrogen-bond acceptors (Lipinski definition) is 3. The van der Waals surface area contributed by atoms with Gasteiger partial charge < -0.3 is 9.47 Å². The summed E-state index contributed by atoms with van der Waals surface area (Å²) in [5, 5.41) is 0.525. The Morgan fingerprint density at radius 1 is 1.10 bits per heavy atom. The molecular weight excluding hydrogens is 276 g/mol. The number of hydrogen-bond donors (Lipinski definition) is 0. The summed E-state index contributed by atoms with van der Waals surface area (Å²) in [6.45, 7) is 2.38. The van der Waals surface area contributed by atoms with Crippen LogP contribution in [0.5, 0.6) is 11.5 Å². The van der Waals surface area contributed by atoms with Gasteiger partial charge in [-0.2, -0.15) is 0 Å². The maximum absolute atomic E-state index is 12.6. The molecule has 0 aliphatic rings. The minimum atomic E-state index is -0.150. The number of carbonyl (C=O) groups is 1. The molecule has 0 saturated heterocycles. The van der Waals surface area contributed by atoms with E-state index in [4.69, 9.17) is 21.1 Å². The van der Waals surface area contributed by atoms with Crippen LogP contribution in [0.2, 0.25) is 5.02 Å². The Labute approximate surface area is 123 Å². The van der Waals surface area contributed by atoms with Crippen LogP contribution >= 0.6 is 11.6 Å². The van der Waals surface area contributed by atoms with E-state index in [2.05, 4.69) is 0 Å². The van der Waals surface area contributed by atoms with Gasteiger partial charge in [-0.1, -0.05) is 23.7 Å². The van der Waals surface area contributed by atoms with Crippen molar-refractivity contribution in [3.63, 3.8) is 0 Å². The smallest absolute Gasteiger partial charge is 0.200 e. The van der Waals surface area contributed by atoms with Crippen molar-refractivity contribution in [1.29, 1.82) is 0 Å². The van der Waals surface area contributed by atoms with Gasteiger partial charge in [0.25, 0.3) is 0 Å². The summed E-state index contributed by atoms with van der Waals surface area (Å²) in [6, 6.07) is 12.1. The fraction of sp³-hybridized carbons (Fsp3) is 0.188. The summed E-state index contributed by atoms with van der Waals surface area (Å²) in [4.78, 5) is 12.6. The number of rotatable bonds is 5. The summed E-state index contributed by atoms with van der Waals surface area (Å²) < 4.78 is 10.7. The Bertz CT molecular complexity index is 623. The van der Waals surface area contributed by atoms with Crippen molar-refractivity contribution in [2.24, 2.45) is 0 Å². The van der Waals surface area contributed by atoms with E-state index >= 15 is 0 Å². The van der Waals surface area contributed by atoms with Gasteiger partial charge in [0.1, 0.15) is 11.5 Å². The Balaban J connectivity index is 2.46. The molecule has 0 aliphatic heterocycles. The third kappa shape index (κ3) is 2.94. The Morgan fingerprint density at radius 2 is 1.80 bits per heavy atom. The first kappa shape index (κ1) is 14.4. The van der Waals surface area contributed by atoms with E-state index in [9.17, 15) is 4.79 Å². The zero-order valence-electron chi connectivity index (χ0n) is 11.4. The maximum Gasteiger partial charge on any atom is 0.200 e. The average Bonchev–Trinajstić information content (AvgIpc) is 2.47. The summed E-state index contributed by atoms with van der Waals surface area (Å²) in [5.74, 6) is 0.869. The number of para-hydroxylation sites is 1. The Morgan fingerprint density at radius 3 is 2.50 bits per heavy atom. The molecule has 104 valence electrons. The number of carbonyl (C=O) groups excluding carboxylic acids is 1. The van der Waals surface area contributed by atoms with E-state index < -0.39 is 0 Å². The van der Waals surface area contributed by atoms with Crippen LogP contribution < -0.4 is 9.47 Å². The zero-order chi connectivity index (χ0) is 14.5. The van der Waals surface area contributed by atoms with Crippen LogP contribution in [0.4, 0.5) is 0 Å². The lowest BCUT2D eigenvalue weighted by molar-refractivity contribution is 0.103. The van der Waals surface area contributed by atoms with Gasteiger partial charge in [0.2, 0.25) is 0 Å². The quantitative estimate of drug-likeness (QED) is 0.781. The number of methoxy groups -OCH3 is 1. The molecule has 4 heteroatoms. The van der Waals surface area contributed by atoms with Gasteiger partial charge in [-0.05, 0) is 37.3 Å². The number of ketones is 1. The number of benzene rings is 2. The molecule has 0 radical (unpaired) electrons.